The van der Waals surface area contributed by atoms with E-state index in [2.05, 4.69) is 27.5 Å². The van der Waals surface area contributed by atoms with Gasteiger partial charge in [-0.15, -0.1) is 0 Å². The van der Waals surface area contributed by atoms with Crippen molar-refractivity contribution in [2.75, 3.05) is 62.4 Å². The summed E-state index contributed by atoms with van der Waals surface area (Å²) in [5, 5.41) is 6.20. The minimum Gasteiger partial charge on any atom is -0.354 e. The van der Waals surface area contributed by atoms with E-state index in [0.29, 0.717) is 29.1 Å². The predicted octanol–water partition coefficient (Wildman–Crippen LogP) is 3.97. The van der Waals surface area contributed by atoms with Crippen molar-refractivity contribution in [3.8, 4) is 0 Å². The lowest BCUT2D eigenvalue weighted by Crippen LogP contribution is -2.48. The van der Waals surface area contributed by atoms with Crippen LogP contribution in [0.25, 0.3) is 11.3 Å². The number of fused-ring (bicyclic) bond motifs is 1. The van der Waals surface area contributed by atoms with Gasteiger partial charge >= 0.3 is 0 Å². The van der Waals surface area contributed by atoms with Crippen molar-refractivity contribution in [2.24, 2.45) is 0 Å². The molecule has 2 aliphatic rings. The summed E-state index contributed by atoms with van der Waals surface area (Å²) in [4.78, 5) is 31.9. The smallest absolute Gasteiger partial charge is 0.258 e. The number of rotatable bonds is 6. The first-order valence-corrected chi connectivity index (χ1v) is 12.3. The maximum absolute atomic E-state index is 14.1. The zero-order valence-corrected chi connectivity index (χ0v) is 21.0. The van der Waals surface area contributed by atoms with E-state index in [9.17, 15) is 14.0 Å². The molecule has 0 aliphatic carbocycles. The van der Waals surface area contributed by atoms with Gasteiger partial charge in [-0.05, 0) is 55.1 Å². The fourth-order valence-electron chi connectivity index (χ4n) is 4.63. The van der Waals surface area contributed by atoms with Crippen LogP contribution in [0.3, 0.4) is 0 Å². The number of hydrogen-bond acceptors (Lipinski definition) is 5. The molecule has 190 valence electrons. The highest BCUT2D eigenvalue weighted by Crippen LogP contribution is 2.38. The summed E-state index contributed by atoms with van der Waals surface area (Å²) in [6.45, 7) is 4.09. The van der Waals surface area contributed by atoms with Gasteiger partial charge in [-0.25, -0.2) is 4.39 Å². The first-order chi connectivity index (χ1) is 17.9. The third-order valence-corrected chi connectivity index (χ3v) is 6.89. The summed E-state index contributed by atoms with van der Waals surface area (Å²) in [6, 6.07) is 21.3. The molecule has 0 atom stereocenters. The van der Waals surface area contributed by atoms with E-state index in [1.165, 1.54) is 12.1 Å². The molecule has 2 amide bonds. The first kappa shape index (κ1) is 24.7. The number of piperazine rings is 1. The number of nitrogens with one attached hydrogen (secondary N) is 2. The molecule has 0 aromatic heterocycles. The summed E-state index contributed by atoms with van der Waals surface area (Å²) in [6.07, 6.45) is 0. The summed E-state index contributed by atoms with van der Waals surface area (Å²) in [5.41, 5.74) is 4.37. The Labute approximate surface area is 216 Å². The van der Waals surface area contributed by atoms with Gasteiger partial charge in [-0.3, -0.25) is 14.5 Å². The molecule has 7 nitrogen and oxygen atoms in total. The summed E-state index contributed by atoms with van der Waals surface area (Å²) < 4.78 is 14.1. The lowest BCUT2D eigenvalue weighted by atomic mass is 10.00. The van der Waals surface area contributed by atoms with Crippen LogP contribution < -0.4 is 15.5 Å². The van der Waals surface area contributed by atoms with Crippen molar-refractivity contribution >= 4 is 40.1 Å². The molecule has 2 N–H and O–H groups in total. The van der Waals surface area contributed by atoms with E-state index < -0.39 is 5.82 Å². The molecule has 2 heterocycles. The quantitative estimate of drug-likeness (QED) is 0.503. The van der Waals surface area contributed by atoms with Gasteiger partial charge in [0.15, 0.2) is 0 Å². The molecule has 8 heteroatoms. The molecule has 2 aliphatic heterocycles. The lowest BCUT2D eigenvalue weighted by molar-refractivity contribution is -0.119. The summed E-state index contributed by atoms with van der Waals surface area (Å²) >= 11 is 0. The third kappa shape index (κ3) is 5.40. The van der Waals surface area contributed by atoms with Crippen molar-refractivity contribution in [2.45, 2.75) is 0 Å². The standard InChI is InChI=1S/C29H30FN5O2/c1-33-14-16-35(17-15-33)19-26(36)34(2)23-11-9-22(10-12-23)31-28(20-6-4-3-5-7-20)27-24-18-21(30)8-13-25(24)32-29(27)37/h3-13,18,31H,14-17,19H2,1-2H3,(H,32,37). The van der Waals surface area contributed by atoms with E-state index >= 15 is 0 Å². The van der Waals surface area contributed by atoms with Crippen molar-refractivity contribution in [3.05, 3.63) is 89.7 Å². The average Bonchev–Trinajstić information content (AvgIpc) is 3.23. The van der Waals surface area contributed by atoms with Gasteiger partial charge in [-0.1, -0.05) is 30.3 Å². The van der Waals surface area contributed by atoms with Gasteiger partial charge in [0, 0.05) is 55.9 Å². The monoisotopic (exact) mass is 499 g/mol. The molecule has 3 aromatic rings. The number of likely N-dealkylation sites (N-methyl/N-ethyl adjacent to an activating group) is 2. The molecule has 0 radical (unpaired) electrons. The molecule has 37 heavy (non-hydrogen) atoms. The van der Waals surface area contributed by atoms with Crippen LogP contribution >= 0.6 is 0 Å². The second kappa shape index (κ2) is 10.5. The maximum atomic E-state index is 14.1. The zero-order chi connectivity index (χ0) is 25.9. The normalized spacial score (nSPS) is 17.2. The molecule has 3 aromatic carbocycles. The Balaban J connectivity index is 1.39. The molecule has 0 bridgehead atoms. The minimum absolute atomic E-state index is 0.0404. The van der Waals surface area contributed by atoms with Crippen LogP contribution in [0, 0.1) is 5.82 Å². The fraction of sp³-hybridized carbons (Fsp3) is 0.241. The zero-order valence-electron chi connectivity index (χ0n) is 21.0. The van der Waals surface area contributed by atoms with Crippen LogP contribution in [-0.4, -0.2) is 68.4 Å². The second-order valence-electron chi connectivity index (χ2n) is 9.46. The highest BCUT2D eigenvalue weighted by Gasteiger charge is 2.29. The van der Waals surface area contributed by atoms with Crippen molar-refractivity contribution in [1.29, 1.82) is 0 Å². The van der Waals surface area contributed by atoms with E-state index in [0.717, 1.165) is 43.1 Å². The number of carbonyl (C=O) groups excluding carboxylic acids is 2. The van der Waals surface area contributed by atoms with E-state index in [1.54, 1.807) is 18.0 Å². The SMILES string of the molecule is CN1CCN(CC(=O)N(C)c2ccc(NC(=C3C(=O)Nc4ccc(F)cc43)c3ccccc3)cc2)CC1. The molecule has 1 saturated heterocycles. The summed E-state index contributed by atoms with van der Waals surface area (Å²) in [5.74, 6) is -0.662. The average molecular weight is 500 g/mol. The third-order valence-electron chi connectivity index (χ3n) is 6.89. The Bertz CT molecular complexity index is 1330. The Hall–Kier alpha value is -4.01. The van der Waals surface area contributed by atoms with Gasteiger partial charge in [0.25, 0.3) is 5.91 Å². The largest absolute Gasteiger partial charge is 0.354 e. The van der Waals surface area contributed by atoms with Crippen LogP contribution in [0.4, 0.5) is 21.5 Å². The van der Waals surface area contributed by atoms with Crippen LogP contribution in [-0.2, 0) is 9.59 Å². The number of carbonyl (C=O) groups is 2. The molecular weight excluding hydrogens is 469 g/mol. The first-order valence-electron chi connectivity index (χ1n) is 12.3. The van der Waals surface area contributed by atoms with Crippen molar-refractivity contribution < 1.29 is 14.0 Å². The molecular formula is C29H30FN5O2. The lowest BCUT2D eigenvalue weighted by Gasteiger charge is -2.32. The highest BCUT2D eigenvalue weighted by molar-refractivity contribution is 6.37. The number of nitrogens with zero attached hydrogens (tertiary/aromatic N) is 3. The number of hydrogen-bond donors (Lipinski definition) is 2. The van der Waals surface area contributed by atoms with Gasteiger partial charge in [-0.2, -0.15) is 0 Å². The van der Waals surface area contributed by atoms with Crippen LogP contribution in [0.2, 0.25) is 0 Å². The molecule has 0 unspecified atom stereocenters. The Morgan fingerprint density at radius 3 is 2.41 bits per heavy atom. The van der Waals surface area contributed by atoms with E-state index in [-0.39, 0.29) is 11.8 Å². The maximum Gasteiger partial charge on any atom is 0.258 e. The Morgan fingerprint density at radius 2 is 1.70 bits per heavy atom. The Kier molecular flexibility index (Phi) is 7.03. The molecule has 5 rings (SSSR count). The number of benzene rings is 3. The van der Waals surface area contributed by atoms with Gasteiger partial charge < -0.3 is 20.4 Å². The highest BCUT2D eigenvalue weighted by atomic mass is 19.1. The van der Waals surface area contributed by atoms with Crippen molar-refractivity contribution in [3.63, 3.8) is 0 Å². The predicted molar refractivity (Wildman–Crippen MR) is 146 cm³/mol. The van der Waals surface area contributed by atoms with Crippen molar-refractivity contribution in [1.82, 2.24) is 9.80 Å². The number of anilines is 3. The van der Waals surface area contributed by atoms with Gasteiger partial charge in [0.2, 0.25) is 5.91 Å². The minimum atomic E-state index is -0.409. The molecule has 0 spiro atoms. The molecule has 1 fully saturated rings. The number of amides is 2. The second-order valence-corrected chi connectivity index (χ2v) is 9.46. The van der Waals surface area contributed by atoms with Gasteiger partial charge in [0.05, 0.1) is 17.8 Å². The van der Waals surface area contributed by atoms with Crippen LogP contribution in [0.1, 0.15) is 11.1 Å². The van der Waals surface area contributed by atoms with E-state index in [4.69, 9.17) is 0 Å². The fourth-order valence-corrected chi connectivity index (χ4v) is 4.63. The topological polar surface area (TPSA) is 67.9 Å². The Morgan fingerprint density at radius 1 is 1.00 bits per heavy atom. The van der Waals surface area contributed by atoms with E-state index in [1.807, 2.05) is 54.6 Å². The molecule has 0 saturated carbocycles. The van der Waals surface area contributed by atoms with Gasteiger partial charge in [0.1, 0.15) is 5.82 Å². The van der Waals surface area contributed by atoms with Crippen LogP contribution in [0.5, 0.6) is 0 Å². The number of halogens is 1. The van der Waals surface area contributed by atoms with Crippen LogP contribution in [0.15, 0.2) is 72.8 Å². The summed E-state index contributed by atoms with van der Waals surface area (Å²) in [7, 11) is 3.88.